The number of hydrogen-bond acceptors (Lipinski definition) is 2. The van der Waals surface area contributed by atoms with Gasteiger partial charge in [-0.05, 0) is 30.2 Å². The second-order valence-corrected chi connectivity index (χ2v) is 4.86. The van der Waals surface area contributed by atoms with E-state index in [1.165, 1.54) is 12.1 Å². The molecule has 0 aliphatic carbocycles. The molecule has 0 heterocycles. The zero-order valence-electron chi connectivity index (χ0n) is 12.6. The maximum Gasteiger partial charge on any atom is 0.193 e. The number of rotatable bonds is 6. The fourth-order valence-corrected chi connectivity index (χ4v) is 2.10. The molecule has 2 rings (SSSR count). The average molecular weight is 301 g/mol. The van der Waals surface area contributed by atoms with Crippen molar-refractivity contribution in [2.24, 2.45) is 10.7 Å². The molecule has 0 amide bonds. The van der Waals surface area contributed by atoms with Gasteiger partial charge in [-0.2, -0.15) is 0 Å². The van der Waals surface area contributed by atoms with Crippen molar-refractivity contribution in [3.63, 3.8) is 0 Å². The molecule has 2 aromatic rings. The van der Waals surface area contributed by atoms with Crippen LogP contribution in [0.25, 0.3) is 0 Å². The smallest absolute Gasteiger partial charge is 0.193 e. The van der Waals surface area contributed by atoms with Gasteiger partial charge in [-0.25, -0.2) is 4.39 Å². The van der Waals surface area contributed by atoms with Crippen LogP contribution >= 0.6 is 0 Å². The summed E-state index contributed by atoms with van der Waals surface area (Å²) in [6.07, 6.45) is 0.639. The van der Waals surface area contributed by atoms with Crippen molar-refractivity contribution in [2.45, 2.75) is 13.0 Å². The third-order valence-electron chi connectivity index (χ3n) is 3.15. The number of para-hydroxylation sites is 1. The van der Waals surface area contributed by atoms with E-state index in [-0.39, 0.29) is 5.82 Å². The van der Waals surface area contributed by atoms with Gasteiger partial charge in [0.15, 0.2) is 5.96 Å². The molecule has 3 N–H and O–H groups in total. The van der Waals surface area contributed by atoms with Gasteiger partial charge in [0.1, 0.15) is 5.82 Å². The Balaban J connectivity index is 1.93. The van der Waals surface area contributed by atoms with Gasteiger partial charge in [-0.15, -0.1) is 0 Å². The molecule has 0 atom stereocenters. The van der Waals surface area contributed by atoms with Crippen LogP contribution in [0.2, 0.25) is 0 Å². The van der Waals surface area contributed by atoms with E-state index in [0.29, 0.717) is 25.5 Å². The van der Waals surface area contributed by atoms with Crippen LogP contribution in [-0.4, -0.2) is 19.6 Å². The Morgan fingerprint density at radius 2 is 2.05 bits per heavy atom. The van der Waals surface area contributed by atoms with Crippen LogP contribution in [0.5, 0.6) is 0 Å². The minimum atomic E-state index is -0.235. The van der Waals surface area contributed by atoms with E-state index in [2.05, 4.69) is 10.3 Å². The molecule has 0 aliphatic heterocycles. The van der Waals surface area contributed by atoms with Gasteiger partial charge in [-0.3, -0.25) is 4.99 Å². The van der Waals surface area contributed by atoms with Gasteiger partial charge in [0.05, 0.1) is 6.61 Å². The first-order valence-corrected chi connectivity index (χ1v) is 7.07. The zero-order valence-corrected chi connectivity index (χ0v) is 12.6. The molecule has 0 saturated carbocycles. The number of hydrogen-bond donors (Lipinski definition) is 2. The quantitative estimate of drug-likeness (QED) is 0.637. The predicted molar refractivity (Wildman–Crippen MR) is 87.4 cm³/mol. The third-order valence-corrected chi connectivity index (χ3v) is 3.15. The zero-order chi connectivity index (χ0) is 15.8. The van der Waals surface area contributed by atoms with Gasteiger partial charge >= 0.3 is 0 Å². The molecule has 0 saturated heterocycles. The minimum absolute atomic E-state index is 0.235. The van der Waals surface area contributed by atoms with Gasteiger partial charge in [0.2, 0.25) is 0 Å². The number of ether oxygens (including phenoxy) is 1. The molecule has 0 aromatic heterocycles. The largest absolute Gasteiger partial charge is 0.380 e. The highest BCUT2D eigenvalue weighted by atomic mass is 19.1. The fraction of sp³-hybridized carbons (Fsp3) is 0.235. The van der Waals surface area contributed by atoms with Crippen molar-refractivity contribution in [3.05, 3.63) is 65.5 Å². The summed E-state index contributed by atoms with van der Waals surface area (Å²) >= 11 is 0. The molecule has 0 radical (unpaired) electrons. The van der Waals surface area contributed by atoms with Crippen molar-refractivity contribution in [3.8, 4) is 0 Å². The molecule has 116 valence electrons. The minimum Gasteiger partial charge on any atom is -0.380 e. The lowest BCUT2D eigenvalue weighted by atomic mass is 10.1. The average Bonchev–Trinajstić information content (AvgIpc) is 2.49. The van der Waals surface area contributed by atoms with Crippen molar-refractivity contribution >= 4 is 11.6 Å². The first kappa shape index (κ1) is 16.0. The summed E-state index contributed by atoms with van der Waals surface area (Å²) in [6.45, 7) is 0.995. The Morgan fingerprint density at radius 1 is 1.23 bits per heavy atom. The molecule has 0 bridgehead atoms. The lowest BCUT2D eigenvalue weighted by Gasteiger charge is -2.10. The monoisotopic (exact) mass is 301 g/mol. The predicted octanol–water partition coefficient (Wildman–Crippen LogP) is 2.94. The molecule has 2 aromatic carbocycles. The Bertz CT molecular complexity index is 643. The van der Waals surface area contributed by atoms with Gasteiger partial charge in [0.25, 0.3) is 0 Å². The van der Waals surface area contributed by atoms with E-state index >= 15 is 0 Å². The highest BCUT2D eigenvalue weighted by molar-refractivity contribution is 5.92. The van der Waals surface area contributed by atoms with E-state index in [4.69, 9.17) is 10.5 Å². The van der Waals surface area contributed by atoms with Gasteiger partial charge in [-0.1, -0.05) is 30.3 Å². The van der Waals surface area contributed by atoms with Crippen molar-refractivity contribution in [2.75, 3.05) is 19.0 Å². The summed E-state index contributed by atoms with van der Waals surface area (Å²) in [4.78, 5) is 4.27. The number of nitrogens with one attached hydrogen (secondary N) is 1. The number of guanidine groups is 1. The third kappa shape index (κ3) is 4.86. The highest BCUT2D eigenvalue weighted by Gasteiger charge is 2.02. The summed E-state index contributed by atoms with van der Waals surface area (Å²) in [7, 11) is 1.65. The van der Waals surface area contributed by atoms with E-state index in [1.54, 1.807) is 13.2 Å². The summed E-state index contributed by atoms with van der Waals surface area (Å²) in [5, 5.41) is 3.07. The summed E-state index contributed by atoms with van der Waals surface area (Å²) < 4.78 is 18.2. The normalized spacial score (nSPS) is 11.5. The fourth-order valence-electron chi connectivity index (χ4n) is 2.10. The van der Waals surface area contributed by atoms with Crippen molar-refractivity contribution < 1.29 is 9.13 Å². The number of halogens is 1. The van der Waals surface area contributed by atoms with Crippen LogP contribution in [0.1, 0.15) is 11.1 Å². The van der Waals surface area contributed by atoms with Crippen LogP contribution in [0.4, 0.5) is 10.1 Å². The molecule has 4 nitrogen and oxygen atoms in total. The molecule has 22 heavy (non-hydrogen) atoms. The topological polar surface area (TPSA) is 59.6 Å². The Hall–Kier alpha value is -2.40. The Kier molecular flexibility index (Phi) is 5.91. The van der Waals surface area contributed by atoms with Crippen molar-refractivity contribution in [1.29, 1.82) is 0 Å². The second-order valence-electron chi connectivity index (χ2n) is 4.86. The maximum atomic E-state index is 13.1. The number of nitrogens with zero attached hydrogens (tertiary/aromatic N) is 1. The standard InChI is InChI=1S/C17H20FN3O/c1-22-12-14-6-2-3-8-16(14)21-17(19)20-10-9-13-5-4-7-15(18)11-13/h2-8,11H,9-10,12H2,1H3,(H3,19,20,21). The van der Waals surface area contributed by atoms with Crippen LogP contribution in [0.3, 0.4) is 0 Å². The van der Waals surface area contributed by atoms with Crippen LogP contribution < -0.4 is 11.1 Å². The number of anilines is 1. The molecule has 0 spiro atoms. The highest BCUT2D eigenvalue weighted by Crippen LogP contribution is 2.15. The summed E-state index contributed by atoms with van der Waals surface area (Å²) in [6, 6.07) is 14.2. The maximum absolute atomic E-state index is 13.1. The van der Waals surface area contributed by atoms with Gasteiger partial charge in [0, 0.05) is 24.9 Å². The molecule has 0 unspecified atom stereocenters. The lowest BCUT2D eigenvalue weighted by molar-refractivity contribution is 0.185. The summed E-state index contributed by atoms with van der Waals surface area (Å²) in [5.74, 6) is 0.0982. The molecular formula is C17H20FN3O. The molecule has 5 heteroatoms. The Morgan fingerprint density at radius 3 is 2.82 bits per heavy atom. The lowest BCUT2D eigenvalue weighted by Crippen LogP contribution is -2.23. The number of aliphatic imine (C=N–C) groups is 1. The number of methoxy groups -OCH3 is 1. The second kappa shape index (κ2) is 8.14. The first-order valence-electron chi connectivity index (χ1n) is 7.07. The van der Waals surface area contributed by atoms with Crippen LogP contribution in [0, 0.1) is 5.82 Å². The molecule has 0 fully saturated rings. The number of benzene rings is 2. The van der Waals surface area contributed by atoms with Crippen LogP contribution in [0.15, 0.2) is 53.5 Å². The van der Waals surface area contributed by atoms with Gasteiger partial charge < -0.3 is 15.8 Å². The van der Waals surface area contributed by atoms with Crippen molar-refractivity contribution in [1.82, 2.24) is 0 Å². The molecule has 0 aliphatic rings. The SMILES string of the molecule is COCc1ccccc1NC(N)=NCCc1cccc(F)c1. The van der Waals surface area contributed by atoms with Crippen LogP contribution in [-0.2, 0) is 17.8 Å². The first-order chi connectivity index (χ1) is 10.7. The van der Waals surface area contributed by atoms with E-state index in [1.807, 2.05) is 30.3 Å². The van der Waals surface area contributed by atoms with E-state index < -0.39 is 0 Å². The number of nitrogens with two attached hydrogens (primary N) is 1. The van der Waals surface area contributed by atoms with E-state index in [0.717, 1.165) is 16.8 Å². The molecular weight excluding hydrogens is 281 g/mol. The summed E-state index contributed by atoms with van der Waals surface area (Å²) in [5.41, 5.74) is 8.67. The van der Waals surface area contributed by atoms with E-state index in [9.17, 15) is 4.39 Å². The Labute approximate surface area is 129 Å².